The zero-order valence-electron chi connectivity index (χ0n) is 16.4. The van der Waals surface area contributed by atoms with Crippen LogP contribution in [0.4, 0.5) is 5.82 Å². The first-order valence-electron chi connectivity index (χ1n) is 10.1. The fourth-order valence-electron chi connectivity index (χ4n) is 4.34. The molecule has 1 aromatic rings. The van der Waals surface area contributed by atoms with Crippen LogP contribution in [0.15, 0.2) is 12.1 Å². The Balaban J connectivity index is 1.76. The number of piperidine rings is 2. The number of carbonyl (C=O) groups is 1. The number of aliphatic hydroxyl groups is 1. The minimum absolute atomic E-state index is 0.179. The highest BCUT2D eigenvalue weighted by Crippen LogP contribution is 2.34. The Kier molecular flexibility index (Phi) is 6.33. The fraction of sp³-hybridized carbons (Fsp3) is 0.667. The second-order valence-corrected chi connectivity index (χ2v) is 7.99. The molecule has 0 aliphatic carbocycles. The lowest BCUT2D eigenvalue weighted by atomic mass is 9.83. The van der Waals surface area contributed by atoms with E-state index in [0.29, 0.717) is 23.8 Å². The number of rotatable bonds is 6. The Labute approximate surface area is 161 Å². The maximum Gasteiger partial charge on any atom is 0.222 e. The Morgan fingerprint density at radius 3 is 2.85 bits per heavy atom. The van der Waals surface area contributed by atoms with Crippen LogP contribution in [0, 0.1) is 17.2 Å². The molecule has 1 aromatic heterocycles. The molecule has 3 heterocycles. The molecule has 2 saturated heterocycles. The van der Waals surface area contributed by atoms with Crippen molar-refractivity contribution in [3.8, 4) is 6.07 Å². The summed E-state index contributed by atoms with van der Waals surface area (Å²) in [4.78, 5) is 21.5. The van der Waals surface area contributed by atoms with Gasteiger partial charge in [-0.3, -0.25) is 4.79 Å². The summed E-state index contributed by atoms with van der Waals surface area (Å²) in [5.41, 5.74) is 1.64. The number of pyridine rings is 1. The smallest absolute Gasteiger partial charge is 0.222 e. The summed E-state index contributed by atoms with van der Waals surface area (Å²) in [6, 6.07) is 6.40. The number of nitriles is 1. The van der Waals surface area contributed by atoms with Gasteiger partial charge in [-0.05, 0) is 49.7 Å². The summed E-state index contributed by atoms with van der Waals surface area (Å²) in [5.74, 6) is 1.79. The number of amides is 1. The number of aliphatic hydroxyl groups excluding tert-OH is 1. The van der Waals surface area contributed by atoms with Gasteiger partial charge in [-0.25, -0.2) is 4.98 Å². The number of nitrogens with zero attached hydrogens (tertiary/aromatic N) is 4. The number of fused-ring (bicyclic) bond motifs is 1. The molecule has 6 heteroatoms. The van der Waals surface area contributed by atoms with Gasteiger partial charge in [0.05, 0.1) is 5.56 Å². The highest BCUT2D eigenvalue weighted by Gasteiger charge is 2.39. The van der Waals surface area contributed by atoms with Gasteiger partial charge in [0.1, 0.15) is 11.9 Å². The molecule has 27 heavy (non-hydrogen) atoms. The average molecular weight is 370 g/mol. The maximum atomic E-state index is 12.4. The molecule has 0 bridgehead atoms. The van der Waals surface area contributed by atoms with E-state index in [-0.39, 0.29) is 18.6 Å². The predicted octanol–water partition coefficient (Wildman–Crippen LogP) is 2.67. The molecule has 0 radical (unpaired) electrons. The van der Waals surface area contributed by atoms with Crippen molar-refractivity contribution in [1.29, 1.82) is 5.26 Å². The van der Waals surface area contributed by atoms with Crippen molar-refractivity contribution in [2.24, 2.45) is 5.92 Å². The first-order valence-corrected chi connectivity index (χ1v) is 10.1. The van der Waals surface area contributed by atoms with Gasteiger partial charge in [0, 0.05) is 44.4 Å². The number of unbranched alkanes of at least 4 members (excludes halogenated alkanes) is 1. The van der Waals surface area contributed by atoms with Gasteiger partial charge in [0.15, 0.2) is 0 Å². The topological polar surface area (TPSA) is 80.5 Å². The van der Waals surface area contributed by atoms with Crippen molar-refractivity contribution < 1.29 is 9.90 Å². The van der Waals surface area contributed by atoms with Gasteiger partial charge in [-0.2, -0.15) is 5.26 Å². The molecule has 0 saturated carbocycles. The third kappa shape index (κ3) is 4.24. The number of anilines is 1. The summed E-state index contributed by atoms with van der Waals surface area (Å²) < 4.78 is 0. The second-order valence-electron chi connectivity index (χ2n) is 7.99. The Bertz CT molecular complexity index is 713. The fourth-order valence-corrected chi connectivity index (χ4v) is 4.34. The zero-order chi connectivity index (χ0) is 19.4. The molecule has 2 aliphatic heterocycles. The number of hydrogen-bond acceptors (Lipinski definition) is 5. The molecule has 0 unspecified atom stereocenters. The van der Waals surface area contributed by atoms with Crippen LogP contribution < -0.4 is 4.90 Å². The van der Waals surface area contributed by atoms with E-state index in [1.807, 2.05) is 17.0 Å². The van der Waals surface area contributed by atoms with Crippen molar-refractivity contribution in [3.05, 3.63) is 23.4 Å². The Morgan fingerprint density at radius 2 is 2.15 bits per heavy atom. The van der Waals surface area contributed by atoms with E-state index in [1.165, 1.54) is 0 Å². The van der Waals surface area contributed by atoms with Crippen molar-refractivity contribution in [1.82, 2.24) is 9.88 Å². The largest absolute Gasteiger partial charge is 0.396 e. The molecule has 6 nitrogen and oxygen atoms in total. The first kappa shape index (κ1) is 19.6. The van der Waals surface area contributed by atoms with E-state index in [9.17, 15) is 10.1 Å². The molecule has 0 spiro atoms. The number of aromatic nitrogens is 1. The van der Waals surface area contributed by atoms with Crippen LogP contribution >= 0.6 is 0 Å². The van der Waals surface area contributed by atoms with Crippen LogP contribution in [0.25, 0.3) is 0 Å². The molecule has 2 atom stereocenters. The predicted molar refractivity (Wildman–Crippen MR) is 104 cm³/mol. The van der Waals surface area contributed by atoms with Crippen LogP contribution in [0.2, 0.25) is 0 Å². The summed E-state index contributed by atoms with van der Waals surface area (Å²) in [6.45, 7) is 6.80. The third-order valence-corrected chi connectivity index (χ3v) is 5.86. The van der Waals surface area contributed by atoms with Crippen molar-refractivity contribution in [2.75, 3.05) is 31.1 Å². The molecule has 3 rings (SSSR count). The minimum atomic E-state index is 0.179. The summed E-state index contributed by atoms with van der Waals surface area (Å²) in [5, 5.41) is 18.5. The monoisotopic (exact) mass is 370 g/mol. The van der Waals surface area contributed by atoms with Gasteiger partial charge in [0.2, 0.25) is 5.91 Å². The summed E-state index contributed by atoms with van der Waals surface area (Å²) in [7, 11) is 0. The van der Waals surface area contributed by atoms with Crippen LogP contribution in [0.5, 0.6) is 0 Å². The van der Waals surface area contributed by atoms with Crippen LogP contribution in [0.3, 0.4) is 0 Å². The molecular weight excluding hydrogens is 340 g/mol. The van der Waals surface area contributed by atoms with Crippen LogP contribution in [-0.2, 0) is 4.79 Å². The van der Waals surface area contributed by atoms with Crippen LogP contribution in [-0.4, -0.2) is 53.2 Å². The van der Waals surface area contributed by atoms with Crippen molar-refractivity contribution in [3.63, 3.8) is 0 Å². The standard InChI is InChI=1S/C21H30N4O2/c1-15(2)18-7-5-16(13-22)21(23-18)24-11-9-19-17(14-24)6-8-20(27)25(19)10-3-4-12-26/h5,7,15,17,19,26H,3-4,6,8-12,14H2,1-2H3/t17-,19+/m0/s1. The summed E-state index contributed by atoms with van der Waals surface area (Å²) >= 11 is 0. The number of hydrogen-bond donors (Lipinski definition) is 1. The van der Waals surface area contributed by atoms with Gasteiger partial charge in [0.25, 0.3) is 0 Å². The molecule has 0 aromatic carbocycles. The van der Waals surface area contributed by atoms with E-state index < -0.39 is 0 Å². The van der Waals surface area contributed by atoms with Crippen molar-refractivity contribution >= 4 is 11.7 Å². The van der Waals surface area contributed by atoms with Gasteiger partial charge in [-0.15, -0.1) is 0 Å². The van der Waals surface area contributed by atoms with E-state index in [2.05, 4.69) is 24.8 Å². The van der Waals surface area contributed by atoms with E-state index in [1.54, 1.807) is 0 Å². The Morgan fingerprint density at radius 1 is 1.33 bits per heavy atom. The highest BCUT2D eigenvalue weighted by atomic mass is 16.3. The lowest BCUT2D eigenvalue weighted by Crippen LogP contribution is -2.56. The van der Waals surface area contributed by atoms with Crippen molar-refractivity contribution in [2.45, 2.75) is 57.9 Å². The summed E-state index contributed by atoms with van der Waals surface area (Å²) in [6.07, 6.45) is 4.01. The molecule has 1 N–H and O–H groups in total. The molecule has 2 fully saturated rings. The normalized spacial score (nSPS) is 22.7. The third-order valence-electron chi connectivity index (χ3n) is 5.86. The lowest BCUT2D eigenvalue weighted by molar-refractivity contribution is -0.139. The van der Waals surface area contributed by atoms with Crippen LogP contribution in [0.1, 0.15) is 63.1 Å². The lowest BCUT2D eigenvalue weighted by Gasteiger charge is -2.47. The number of likely N-dealkylation sites (tertiary alicyclic amines) is 1. The second kappa shape index (κ2) is 8.71. The highest BCUT2D eigenvalue weighted by molar-refractivity contribution is 5.77. The minimum Gasteiger partial charge on any atom is -0.396 e. The van der Waals surface area contributed by atoms with Gasteiger partial charge in [-0.1, -0.05) is 13.8 Å². The van der Waals surface area contributed by atoms with E-state index >= 15 is 0 Å². The van der Waals surface area contributed by atoms with E-state index in [0.717, 1.165) is 56.8 Å². The maximum absolute atomic E-state index is 12.4. The zero-order valence-corrected chi connectivity index (χ0v) is 16.4. The van der Waals surface area contributed by atoms with E-state index in [4.69, 9.17) is 10.1 Å². The van der Waals surface area contributed by atoms with Gasteiger partial charge >= 0.3 is 0 Å². The van der Waals surface area contributed by atoms with Gasteiger partial charge < -0.3 is 14.9 Å². The quantitative estimate of drug-likeness (QED) is 0.779. The molecule has 2 aliphatic rings. The average Bonchev–Trinajstić information content (AvgIpc) is 2.68. The Hall–Kier alpha value is -2.13. The first-order chi connectivity index (χ1) is 13.0. The SMILES string of the molecule is CC(C)c1ccc(C#N)c(N2CC[C@@H]3[C@@H](CCC(=O)N3CCCCO)C2)n1. The molecule has 146 valence electrons. The molecule has 1 amide bonds. The molecular formula is C21H30N4O2. The number of carbonyl (C=O) groups excluding carboxylic acids is 1.